The quantitative estimate of drug-likeness (QED) is 0.313. The number of rotatable bonds is 10. The summed E-state index contributed by atoms with van der Waals surface area (Å²) in [5.74, 6) is 1.48. The molecule has 8 heteroatoms. The van der Waals surface area contributed by atoms with Gasteiger partial charge in [0.1, 0.15) is 28.9 Å². The fourth-order valence-corrected chi connectivity index (χ4v) is 2.76. The maximum Gasteiger partial charge on any atom is 0.156 e. The predicted octanol–water partition coefficient (Wildman–Crippen LogP) is 6.35. The number of benzene rings is 2. The summed E-state index contributed by atoms with van der Waals surface area (Å²) >= 11 is 23.4. The summed E-state index contributed by atoms with van der Waals surface area (Å²) in [6, 6.07) is 10.1. The first-order valence-corrected chi connectivity index (χ1v) is 9.44. The van der Waals surface area contributed by atoms with Gasteiger partial charge in [0, 0.05) is 24.1 Å². The van der Waals surface area contributed by atoms with Crippen LogP contribution in [0.3, 0.4) is 0 Å². The van der Waals surface area contributed by atoms with Crippen molar-refractivity contribution < 1.29 is 19.0 Å². The normalized spacial score (nSPS) is 10.2. The number of aldehydes is 1. The predicted molar refractivity (Wildman–Crippen MR) is 109 cm³/mol. The Bertz CT molecular complexity index is 781. The summed E-state index contributed by atoms with van der Waals surface area (Å²) in [5.41, 5.74) is 0.563. The van der Waals surface area contributed by atoms with Gasteiger partial charge in [0.2, 0.25) is 0 Å². The molecule has 0 heterocycles. The van der Waals surface area contributed by atoms with Gasteiger partial charge < -0.3 is 14.2 Å². The molecule has 0 spiro atoms. The molecule has 0 unspecified atom stereocenters. The Kier molecular flexibility index (Phi) is 9.08. The number of carbonyl (C=O) groups excluding carboxylic acids is 1. The van der Waals surface area contributed by atoms with E-state index in [1.165, 1.54) is 6.08 Å². The van der Waals surface area contributed by atoms with Crippen LogP contribution in [-0.4, -0.2) is 26.1 Å². The molecule has 0 aromatic heterocycles. The van der Waals surface area contributed by atoms with Gasteiger partial charge in [0.15, 0.2) is 5.75 Å². The molecule has 0 N–H and O–H groups in total. The van der Waals surface area contributed by atoms with Crippen LogP contribution < -0.4 is 14.2 Å². The third-order valence-electron chi connectivity index (χ3n) is 3.26. The highest BCUT2D eigenvalue weighted by Gasteiger charge is 2.10. The van der Waals surface area contributed by atoms with Crippen molar-refractivity contribution in [3.8, 4) is 17.2 Å². The lowest BCUT2D eigenvalue weighted by Crippen LogP contribution is -2.06. The van der Waals surface area contributed by atoms with Crippen LogP contribution in [0, 0.1) is 0 Å². The van der Waals surface area contributed by atoms with Crippen molar-refractivity contribution in [1.82, 2.24) is 0 Å². The van der Waals surface area contributed by atoms with Gasteiger partial charge in [-0.2, -0.15) is 0 Å². The maximum absolute atomic E-state index is 10.7. The largest absolute Gasteiger partial charge is 0.493 e. The molecule has 2 rings (SSSR count). The molecule has 0 aliphatic rings. The van der Waals surface area contributed by atoms with Crippen LogP contribution in [-0.2, 0) is 0 Å². The highest BCUT2D eigenvalue weighted by molar-refractivity contribution is 6.55. The number of halogens is 4. The van der Waals surface area contributed by atoms with Crippen LogP contribution in [0.5, 0.6) is 17.2 Å². The van der Waals surface area contributed by atoms with Crippen LogP contribution in [0.1, 0.15) is 16.8 Å². The fourth-order valence-electron chi connectivity index (χ4n) is 2.06. The number of hydrogen-bond donors (Lipinski definition) is 0. The maximum atomic E-state index is 10.7. The monoisotopic (exact) mass is 448 g/mol. The van der Waals surface area contributed by atoms with Crippen molar-refractivity contribution in [1.29, 1.82) is 0 Å². The molecular weight excluding hydrogens is 434 g/mol. The SMILES string of the molecule is O=Cc1cccc(OCCCOc2c(Cl)cc(OCC=C(Cl)Cl)cc2Cl)c1. The lowest BCUT2D eigenvalue weighted by atomic mass is 10.2. The highest BCUT2D eigenvalue weighted by Crippen LogP contribution is 2.37. The zero-order chi connectivity index (χ0) is 19.6. The first-order valence-electron chi connectivity index (χ1n) is 7.93. The molecule has 0 bridgehead atoms. The molecular formula is C19H16Cl4O4. The molecule has 4 nitrogen and oxygen atoms in total. The number of carbonyl (C=O) groups is 1. The summed E-state index contributed by atoms with van der Waals surface area (Å²) < 4.78 is 16.8. The first kappa shape index (κ1) is 21.7. The molecule has 0 amide bonds. The topological polar surface area (TPSA) is 44.8 Å². The number of ether oxygens (including phenoxy) is 3. The Labute approximate surface area is 177 Å². The second kappa shape index (κ2) is 11.3. The molecule has 0 aliphatic carbocycles. The molecule has 0 aliphatic heterocycles. The molecule has 144 valence electrons. The Hall–Kier alpha value is -1.59. The van der Waals surface area contributed by atoms with Crippen LogP contribution in [0.15, 0.2) is 47.0 Å². The van der Waals surface area contributed by atoms with E-state index < -0.39 is 0 Å². The summed E-state index contributed by atoms with van der Waals surface area (Å²) in [4.78, 5) is 10.7. The van der Waals surface area contributed by atoms with Crippen molar-refractivity contribution in [3.05, 3.63) is 62.6 Å². The van der Waals surface area contributed by atoms with Gasteiger partial charge in [-0.15, -0.1) is 0 Å². The van der Waals surface area contributed by atoms with E-state index in [0.29, 0.717) is 52.5 Å². The lowest BCUT2D eigenvalue weighted by Gasteiger charge is -2.12. The van der Waals surface area contributed by atoms with Gasteiger partial charge in [-0.25, -0.2) is 0 Å². The molecule has 0 saturated heterocycles. The highest BCUT2D eigenvalue weighted by atomic mass is 35.5. The minimum absolute atomic E-state index is 0.118. The summed E-state index contributed by atoms with van der Waals surface area (Å²) in [6.45, 7) is 0.972. The van der Waals surface area contributed by atoms with Gasteiger partial charge in [-0.05, 0) is 18.2 Å². The molecule has 0 radical (unpaired) electrons. The van der Waals surface area contributed by atoms with Gasteiger partial charge in [-0.3, -0.25) is 4.79 Å². The molecule has 0 saturated carbocycles. The second-order valence-corrected chi connectivity index (χ2v) is 7.08. The minimum Gasteiger partial charge on any atom is -0.493 e. The molecule has 2 aromatic carbocycles. The van der Waals surface area contributed by atoms with Gasteiger partial charge in [0.05, 0.1) is 23.3 Å². The Morgan fingerprint density at radius 2 is 1.63 bits per heavy atom. The van der Waals surface area contributed by atoms with E-state index in [1.54, 1.807) is 36.4 Å². The smallest absolute Gasteiger partial charge is 0.156 e. The van der Waals surface area contributed by atoms with Crippen molar-refractivity contribution in [2.24, 2.45) is 0 Å². The van der Waals surface area contributed by atoms with E-state index >= 15 is 0 Å². The van der Waals surface area contributed by atoms with Gasteiger partial charge in [0.25, 0.3) is 0 Å². The third kappa shape index (κ3) is 7.51. The molecule has 2 aromatic rings. The molecule has 27 heavy (non-hydrogen) atoms. The molecule has 0 fully saturated rings. The summed E-state index contributed by atoms with van der Waals surface area (Å²) in [7, 11) is 0. The van der Waals surface area contributed by atoms with Crippen molar-refractivity contribution >= 4 is 52.7 Å². The summed E-state index contributed by atoms with van der Waals surface area (Å²) in [6.07, 6.45) is 2.88. The van der Waals surface area contributed by atoms with Crippen molar-refractivity contribution in [3.63, 3.8) is 0 Å². The fraction of sp³-hybridized carbons (Fsp3) is 0.211. The zero-order valence-corrected chi connectivity index (χ0v) is 17.1. The van der Waals surface area contributed by atoms with Crippen molar-refractivity contribution in [2.45, 2.75) is 6.42 Å². The van der Waals surface area contributed by atoms with Crippen LogP contribution in [0.2, 0.25) is 10.0 Å². The van der Waals surface area contributed by atoms with Crippen LogP contribution >= 0.6 is 46.4 Å². The zero-order valence-electron chi connectivity index (χ0n) is 14.1. The Morgan fingerprint density at radius 3 is 2.30 bits per heavy atom. The average Bonchev–Trinajstić information content (AvgIpc) is 2.63. The Balaban J connectivity index is 1.81. The third-order valence-corrected chi connectivity index (χ3v) is 4.13. The molecule has 0 atom stereocenters. The lowest BCUT2D eigenvalue weighted by molar-refractivity contribution is 0.112. The van der Waals surface area contributed by atoms with E-state index in [9.17, 15) is 4.79 Å². The standard InChI is InChI=1S/C19H16Cl4O4/c20-16-10-15(26-8-5-18(22)23)11-17(21)19(16)27-7-2-6-25-14-4-1-3-13(9-14)12-24/h1,3-5,9-12H,2,6-8H2. The second-order valence-electron chi connectivity index (χ2n) is 5.26. The first-order chi connectivity index (χ1) is 13.0. The Morgan fingerprint density at radius 1 is 0.926 bits per heavy atom. The van der Waals surface area contributed by atoms with E-state index in [-0.39, 0.29) is 11.1 Å². The van der Waals surface area contributed by atoms with Crippen LogP contribution in [0.4, 0.5) is 0 Å². The van der Waals surface area contributed by atoms with Crippen molar-refractivity contribution in [2.75, 3.05) is 19.8 Å². The van der Waals surface area contributed by atoms with Gasteiger partial charge in [-0.1, -0.05) is 58.5 Å². The van der Waals surface area contributed by atoms with E-state index in [2.05, 4.69) is 0 Å². The average molecular weight is 450 g/mol. The summed E-state index contributed by atoms with van der Waals surface area (Å²) in [5, 5.41) is 0.663. The van der Waals surface area contributed by atoms with E-state index in [0.717, 1.165) is 6.29 Å². The van der Waals surface area contributed by atoms with Gasteiger partial charge >= 0.3 is 0 Å². The van der Waals surface area contributed by atoms with Crippen LogP contribution in [0.25, 0.3) is 0 Å². The van der Waals surface area contributed by atoms with E-state index in [4.69, 9.17) is 60.6 Å². The number of hydrogen-bond acceptors (Lipinski definition) is 4. The van der Waals surface area contributed by atoms with E-state index in [1.807, 2.05) is 0 Å². The minimum atomic E-state index is 0.118.